The van der Waals surface area contributed by atoms with Crippen LogP contribution < -0.4 is 10.6 Å². The topological polar surface area (TPSA) is 128 Å². The summed E-state index contributed by atoms with van der Waals surface area (Å²) in [6, 6.07) is 18.8. The molecule has 0 atom stereocenters. The summed E-state index contributed by atoms with van der Waals surface area (Å²) in [5.74, 6) is -1.27. The minimum absolute atomic E-state index is 0.240. The molecule has 0 heterocycles. The van der Waals surface area contributed by atoms with E-state index in [1.165, 1.54) is 12.0 Å². The van der Waals surface area contributed by atoms with Gasteiger partial charge >= 0.3 is 24.0 Å². The van der Waals surface area contributed by atoms with Gasteiger partial charge in [0.05, 0.1) is 7.11 Å². The molecule has 10 nitrogen and oxygen atoms in total. The molecule has 2 aromatic rings. The van der Waals surface area contributed by atoms with Crippen LogP contribution in [-0.4, -0.2) is 71.2 Å². The van der Waals surface area contributed by atoms with Crippen molar-refractivity contribution in [3.63, 3.8) is 0 Å². The largest absolute Gasteiger partial charge is 0.480 e. The Hall–Kier alpha value is -4.08. The lowest BCUT2D eigenvalue weighted by Crippen LogP contribution is -2.58. The monoisotopic (exact) mass is 594 g/mol. The van der Waals surface area contributed by atoms with Gasteiger partial charge in [0, 0.05) is 27.2 Å². The van der Waals surface area contributed by atoms with Crippen LogP contribution in [0.25, 0.3) is 0 Å². The Balaban J connectivity index is 0.000000236. The van der Waals surface area contributed by atoms with Crippen LogP contribution in [0.2, 0.25) is 0 Å². The number of rotatable bonds is 8. The van der Waals surface area contributed by atoms with E-state index < -0.39 is 17.0 Å². The molecule has 0 aliphatic heterocycles. The molecule has 0 bridgehead atoms. The minimum Gasteiger partial charge on any atom is -0.480 e. The van der Waals surface area contributed by atoms with Crippen LogP contribution in [-0.2, 0) is 27.4 Å². The predicted octanol–water partition coefficient (Wildman–Crippen LogP) is 5.32. The highest BCUT2D eigenvalue weighted by Gasteiger charge is 2.43. The molecule has 0 saturated heterocycles. The third-order valence-corrected chi connectivity index (χ3v) is 8.31. The molecule has 2 saturated carbocycles. The maximum absolute atomic E-state index is 12.4. The Kier molecular flexibility index (Phi) is 12.4. The highest BCUT2D eigenvalue weighted by Crippen LogP contribution is 2.30. The fraction of sp³-hybridized carbons (Fsp3) is 0.515. The van der Waals surface area contributed by atoms with Crippen molar-refractivity contribution in [3.05, 3.63) is 71.8 Å². The Morgan fingerprint density at radius 2 is 1.05 bits per heavy atom. The number of amides is 4. The van der Waals surface area contributed by atoms with Crippen LogP contribution >= 0.6 is 0 Å². The number of carbonyl (C=O) groups is 4. The van der Waals surface area contributed by atoms with Crippen LogP contribution in [0.5, 0.6) is 0 Å². The number of ether oxygens (including phenoxy) is 1. The van der Waals surface area contributed by atoms with E-state index in [1.54, 1.807) is 19.0 Å². The van der Waals surface area contributed by atoms with Gasteiger partial charge in [0.1, 0.15) is 11.1 Å². The van der Waals surface area contributed by atoms with E-state index in [-0.39, 0.29) is 18.0 Å². The summed E-state index contributed by atoms with van der Waals surface area (Å²) in [4.78, 5) is 51.5. The number of aliphatic carboxylic acids is 1. The highest BCUT2D eigenvalue weighted by atomic mass is 16.5. The molecule has 0 radical (unpaired) electrons. The van der Waals surface area contributed by atoms with Crippen molar-refractivity contribution in [2.24, 2.45) is 0 Å². The summed E-state index contributed by atoms with van der Waals surface area (Å²) in [6.07, 6.45) is 7.97. The number of esters is 1. The first kappa shape index (κ1) is 33.4. The highest BCUT2D eigenvalue weighted by molar-refractivity contribution is 5.87. The number of carboxylic acid groups (broad SMARTS) is 1. The van der Waals surface area contributed by atoms with Gasteiger partial charge < -0.3 is 30.3 Å². The van der Waals surface area contributed by atoms with E-state index in [0.717, 1.165) is 49.7 Å². The first-order valence-electron chi connectivity index (χ1n) is 15.1. The third kappa shape index (κ3) is 9.46. The molecule has 0 unspecified atom stereocenters. The van der Waals surface area contributed by atoms with Gasteiger partial charge in [-0.1, -0.05) is 99.2 Å². The first-order chi connectivity index (χ1) is 20.6. The lowest BCUT2D eigenvalue weighted by Gasteiger charge is -2.36. The number of nitrogens with one attached hydrogen (secondary N) is 2. The molecule has 3 N–H and O–H groups in total. The number of methoxy groups -OCH3 is 1. The van der Waals surface area contributed by atoms with Crippen LogP contribution in [0.1, 0.15) is 75.3 Å². The zero-order chi connectivity index (χ0) is 31.3. The Bertz CT molecular complexity index is 1190. The maximum atomic E-state index is 12.4. The van der Waals surface area contributed by atoms with Gasteiger partial charge in [-0.3, -0.25) is 0 Å². The summed E-state index contributed by atoms with van der Waals surface area (Å²) in [5.41, 5.74) is 0.106. The molecular formula is C33H46N4O6. The number of hydrogen-bond acceptors (Lipinski definition) is 5. The van der Waals surface area contributed by atoms with Gasteiger partial charge in [0.15, 0.2) is 0 Å². The van der Waals surface area contributed by atoms with Gasteiger partial charge in [-0.05, 0) is 36.8 Å². The second kappa shape index (κ2) is 16.0. The second-order valence-corrected chi connectivity index (χ2v) is 11.6. The average molecular weight is 595 g/mol. The lowest BCUT2D eigenvalue weighted by atomic mass is 9.81. The number of carbonyl (C=O) groups excluding carboxylic acids is 3. The smallest absolute Gasteiger partial charge is 0.331 e. The van der Waals surface area contributed by atoms with E-state index in [4.69, 9.17) is 4.74 Å². The van der Waals surface area contributed by atoms with Crippen molar-refractivity contribution in [3.8, 4) is 0 Å². The zero-order valence-corrected chi connectivity index (χ0v) is 25.6. The van der Waals surface area contributed by atoms with Crippen molar-refractivity contribution >= 4 is 24.0 Å². The molecule has 43 heavy (non-hydrogen) atoms. The Morgan fingerprint density at radius 1 is 0.674 bits per heavy atom. The molecular weight excluding hydrogens is 548 g/mol. The summed E-state index contributed by atoms with van der Waals surface area (Å²) < 4.78 is 4.92. The number of carboxylic acids is 1. The van der Waals surface area contributed by atoms with Gasteiger partial charge in [-0.2, -0.15) is 0 Å². The fourth-order valence-corrected chi connectivity index (χ4v) is 5.74. The molecule has 0 aromatic heterocycles. The second-order valence-electron chi connectivity index (χ2n) is 11.6. The van der Waals surface area contributed by atoms with E-state index in [9.17, 15) is 24.3 Å². The molecule has 10 heteroatoms. The SMILES string of the molecule is CN(Cc1ccccc1)C(=O)NC1(C(=O)O)CCCCC1.COC(=O)C1(NC(=O)N(C)Cc2ccccc2)CCCCC1. The fourth-order valence-electron chi connectivity index (χ4n) is 5.74. The van der Waals surface area contributed by atoms with E-state index in [0.29, 0.717) is 38.8 Å². The van der Waals surface area contributed by atoms with Crippen LogP contribution in [0.4, 0.5) is 9.59 Å². The van der Waals surface area contributed by atoms with Crippen molar-refractivity contribution in [2.75, 3.05) is 21.2 Å². The van der Waals surface area contributed by atoms with Crippen LogP contribution in [0, 0.1) is 0 Å². The number of benzene rings is 2. The Morgan fingerprint density at radius 3 is 1.42 bits per heavy atom. The number of urea groups is 2. The summed E-state index contributed by atoms with van der Waals surface area (Å²) >= 11 is 0. The normalized spacial score (nSPS) is 16.8. The molecule has 4 amide bonds. The van der Waals surface area contributed by atoms with Crippen LogP contribution in [0.3, 0.4) is 0 Å². The van der Waals surface area contributed by atoms with E-state index in [1.807, 2.05) is 60.7 Å². The van der Waals surface area contributed by atoms with Crippen LogP contribution in [0.15, 0.2) is 60.7 Å². The quantitative estimate of drug-likeness (QED) is 0.355. The van der Waals surface area contributed by atoms with Gasteiger partial charge in [0.2, 0.25) is 0 Å². The molecule has 4 rings (SSSR count). The minimum atomic E-state index is -1.10. The standard InChI is InChI=1S/C17H24N2O3.C16H22N2O3/c1-19(13-14-9-5-3-6-10-14)16(21)18-17(15(20)22-2)11-7-4-8-12-17;1-18(12-13-8-4-2-5-9-13)15(21)17-16(14(19)20)10-6-3-7-11-16/h3,5-6,9-10H,4,7-8,11-13H2,1-2H3,(H,18,21);2,4-5,8-9H,3,6-7,10-12H2,1H3,(H,17,21)(H,19,20). The molecule has 2 aliphatic carbocycles. The van der Waals surface area contributed by atoms with Crippen molar-refractivity contribution in [2.45, 2.75) is 88.4 Å². The number of hydrogen-bond donors (Lipinski definition) is 3. The molecule has 234 valence electrons. The van der Waals surface area contributed by atoms with Gasteiger partial charge in [-0.15, -0.1) is 0 Å². The van der Waals surface area contributed by atoms with E-state index in [2.05, 4.69) is 10.6 Å². The Labute approximate surface area is 254 Å². The summed E-state index contributed by atoms with van der Waals surface area (Å²) in [6.45, 7) is 0.965. The molecule has 2 aliphatic rings. The predicted molar refractivity (Wildman–Crippen MR) is 164 cm³/mol. The van der Waals surface area contributed by atoms with Gasteiger partial charge in [-0.25, -0.2) is 19.2 Å². The third-order valence-electron chi connectivity index (χ3n) is 8.31. The average Bonchev–Trinajstić information content (AvgIpc) is 3.02. The first-order valence-corrected chi connectivity index (χ1v) is 15.1. The van der Waals surface area contributed by atoms with Crippen molar-refractivity contribution in [1.82, 2.24) is 20.4 Å². The lowest BCUT2D eigenvalue weighted by molar-refractivity contribution is -0.149. The zero-order valence-electron chi connectivity index (χ0n) is 25.6. The summed E-state index contributed by atoms with van der Waals surface area (Å²) in [7, 11) is 4.79. The molecule has 0 spiro atoms. The molecule has 2 fully saturated rings. The van der Waals surface area contributed by atoms with Crippen molar-refractivity contribution < 1.29 is 29.0 Å². The van der Waals surface area contributed by atoms with Crippen molar-refractivity contribution in [1.29, 1.82) is 0 Å². The van der Waals surface area contributed by atoms with Gasteiger partial charge in [0.25, 0.3) is 0 Å². The number of nitrogens with zero attached hydrogens (tertiary/aromatic N) is 2. The summed E-state index contributed by atoms with van der Waals surface area (Å²) in [5, 5.41) is 15.1. The molecule has 2 aromatic carbocycles. The van der Waals surface area contributed by atoms with E-state index >= 15 is 0 Å². The maximum Gasteiger partial charge on any atom is 0.331 e.